The second-order valence-corrected chi connectivity index (χ2v) is 6.74. The van der Waals surface area contributed by atoms with Crippen molar-refractivity contribution in [3.8, 4) is 34.1 Å². The predicted octanol–water partition coefficient (Wildman–Crippen LogP) is 5.42. The number of phenols is 2. The molecule has 134 valence electrons. The summed E-state index contributed by atoms with van der Waals surface area (Å²) in [5, 5.41) is 20.9. The quantitative estimate of drug-likeness (QED) is 0.584. The molecule has 0 fully saturated rings. The molecule has 0 heterocycles. The van der Waals surface area contributed by atoms with Crippen LogP contribution in [0.1, 0.15) is 11.1 Å². The van der Waals surface area contributed by atoms with Crippen LogP contribution in [0.4, 0.5) is 0 Å². The molecule has 4 nitrogen and oxygen atoms in total. The highest BCUT2D eigenvalue weighted by molar-refractivity contribution is 9.10. The molecule has 3 aromatic carbocycles. The van der Waals surface area contributed by atoms with Gasteiger partial charge in [-0.3, -0.25) is 0 Å². The van der Waals surface area contributed by atoms with Crippen LogP contribution in [0.15, 0.2) is 59.1 Å². The van der Waals surface area contributed by atoms with E-state index in [2.05, 4.69) is 15.9 Å². The first-order chi connectivity index (χ1) is 12.5. The first-order valence-electron chi connectivity index (χ1n) is 8.07. The van der Waals surface area contributed by atoms with Crippen molar-refractivity contribution >= 4 is 15.9 Å². The first kappa shape index (κ1) is 18.1. The van der Waals surface area contributed by atoms with Gasteiger partial charge < -0.3 is 19.7 Å². The third-order valence-corrected chi connectivity index (χ3v) is 4.68. The van der Waals surface area contributed by atoms with Crippen molar-refractivity contribution in [1.82, 2.24) is 0 Å². The summed E-state index contributed by atoms with van der Waals surface area (Å²) < 4.78 is 11.6. The number of hydrogen-bond donors (Lipinski definition) is 2. The lowest BCUT2D eigenvalue weighted by Crippen LogP contribution is -1.96. The standard InChI is InChI=1S/C21H19BrO4/c1-13-10-16(22)21(25-2)20(24)19(13)15-8-9-18(17(23)11-15)26-12-14-6-4-3-5-7-14/h3-11,23-24H,12H2,1-2H3. The van der Waals surface area contributed by atoms with E-state index in [1.54, 1.807) is 18.2 Å². The molecule has 0 amide bonds. The van der Waals surface area contributed by atoms with Gasteiger partial charge in [-0.2, -0.15) is 0 Å². The Labute approximate surface area is 160 Å². The van der Waals surface area contributed by atoms with Gasteiger partial charge in [0.05, 0.1) is 11.6 Å². The summed E-state index contributed by atoms with van der Waals surface area (Å²) in [7, 11) is 1.50. The smallest absolute Gasteiger partial charge is 0.175 e. The van der Waals surface area contributed by atoms with Crippen molar-refractivity contribution in [3.05, 3.63) is 70.2 Å². The highest BCUT2D eigenvalue weighted by atomic mass is 79.9. The van der Waals surface area contributed by atoms with E-state index in [1.165, 1.54) is 7.11 Å². The van der Waals surface area contributed by atoms with E-state index in [4.69, 9.17) is 9.47 Å². The zero-order valence-corrected chi connectivity index (χ0v) is 16.1. The van der Waals surface area contributed by atoms with E-state index < -0.39 is 0 Å². The number of phenolic OH excluding ortho intramolecular Hbond substituents is 2. The van der Waals surface area contributed by atoms with Crippen LogP contribution in [0.5, 0.6) is 23.0 Å². The topological polar surface area (TPSA) is 58.9 Å². The Morgan fingerprint density at radius 2 is 1.73 bits per heavy atom. The van der Waals surface area contributed by atoms with Crippen LogP contribution in [0.25, 0.3) is 11.1 Å². The second kappa shape index (κ2) is 7.70. The molecule has 0 bridgehead atoms. The molecule has 0 spiro atoms. The molecule has 0 unspecified atom stereocenters. The minimum Gasteiger partial charge on any atom is -0.504 e. The first-order valence-corrected chi connectivity index (χ1v) is 8.86. The summed E-state index contributed by atoms with van der Waals surface area (Å²) in [5.41, 5.74) is 3.15. The molecular weight excluding hydrogens is 396 g/mol. The van der Waals surface area contributed by atoms with Crippen LogP contribution < -0.4 is 9.47 Å². The average Bonchev–Trinajstić information content (AvgIpc) is 2.62. The molecule has 26 heavy (non-hydrogen) atoms. The van der Waals surface area contributed by atoms with Crippen LogP contribution in [-0.2, 0) is 6.61 Å². The third-order valence-electron chi connectivity index (χ3n) is 4.10. The van der Waals surface area contributed by atoms with Gasteiger partial charge in [-0.25, -0.2) is 0 Å². The lowest BCUT2D eigenvalue weighted by Gasteiger charge is -2.15. The van der Waals surface area contributed by atoms with Crippen molar-refractivity contribution in [3.63, 3.8) is 0 Å². The van der Waals surface area contributed by atoms with Gasteiger partial charge in [0.2, 0.25) is 0 Å². The fraction of sp³-hybridized carbons (Fsp3) is 0.143. The molecule has 3 aromatic rings. The average molecular weight is 415 g/mol. The zero-order valence-electron chi connectivity index (χ0n) is 14.5. The Bertz CT molecular complexity index is 923. The number of hydrogen-bond acceptors (Lipinski definition) is 4. The van der Waals surface area contributed by atoms with Crippen molar-refractivity contribution in [1.29, 1.82) is 0 Å². The maximum absolute atomic E-state index is 10.5. The zero-order chi connectivity index (χ0) is 18.7. The Hall–Kier alpha value is -2.66. The van der Waals surface area contributed by atoms with E-state index in [9.17, 15) is 10.2 Å². The van der Waals surface area contributed by atoms with Gasteiger partial charge >= 0.3 is 0 Å². The summed E-state index contributed by atoms with van der Waals surface area (Å²) >= 11 is 3.38. The summed E-state index contributed by atoms with van der Waals surface area (Å²) in [6, 6.07) is 16.7. The normalized spacial score (nSPS) is 10.6. The molecule has 0 radical (unpaired) electrons. The molecule has 0 saturated carbocycles. The SMILES string of the molecule is COc1c(Br)cc(C)c(-c2ccc(OCc3ccccc3)c(O)c2)c1O. The predicted molar refractivity (Wildman–Crippen MR) is 105 cm³/mol. The van der Waals surface area contributed by atoms with E-state index in [0.29, 0.717) is 33.7 Å². The van der Waals surface area contributed by atoms with E-state index in [-0.39, 0.29) is 11.5 Å². The number of benzene rings is 3. The fourth-order valence-electron chi connectivity index (χ4n) is 2.83. The Balaban J connectivity index is 1.91. The molecule has 0 aliphatic heterocycles. The maximum atomic E-state index is 10.5. The molecular formula is C21H19BrO4. The maximum Gasteiger partial charge on any atom is 0.175 e. The molecule has 0 atom stereocenters. The van der Waals surface area contributed by atoms with Crippen LogP contribution in [-0.4, -0.2) is 17.3 Å². The minimum absolute atomic E-state index is 0.0131. The van der Waals surface area contributed by atoms with Gasteiger partial charge in [0.1, 0.15) is 6.61 Å². The van der Waals surface area contributed by atoms with Gasteiger partial charge in [0.25, 0.3) is 0 Å². The van der Waals surface area contributed by atoms with E-state index in [0.717, 1.165) is 11.1 Å². The summed E-state index contributed by atoms with van der Waals surface area (Å²) in [4.78, 5) is 0. The number of halogens is 1. The van der Waals surface area contributed by atoms with Crippen molar-refractivity contribution < 1.29 is 19.7 Å². The summed E-state index contributed by atoms with van der Waals surface area (Å²) in [6.07, 6.45) is 0. The minimum atomic E-state index is 0.0131. The Kier molecular flexibility index (Phi) is 5.38. The highest BCUT2D eigenvalue weighted by Gasteiger charge is 2.18. The van der Waals surface area contributed by atoms with Gasteiger partial charge in [0.15, 0.2) is 23.0 Å². The number of aromatic hydroxyl groups is 2. The number of ether oxygens (including phenoxy) is 2. The van der Waals surface area contributed by atoms with Gasteiger partial charge in [-0.05, 0) is 57.7 Å². The van der Waals surface area contributed by atoms with Crippen LogP contribution in [0, 0.1) is 6.92 Å². The van der Waals surface area contributed by atoms with Crippen molar-refractivity contribution in [2.45, 2.75) is 13.5 Å². The monoisotopic (exact) mass is 414 g/mol. The molecule has 0 aliphatic carbocycles. The number of rotatable bonds is 5. The van der Waals surface area contributed by atoms with Gasteiger partial charge in [0, 0.05) is 5.56 Å². The van der Waals surface area contributed by atoms with E-state index >= 15 is 0 Å². The number of aryl methyl sites for hydroxylation is 1. The third kappa shape index (κ3) is 3.63. The van der Waals surface area contributed by atoms with Gasteiger partial charge in [-0.15, -0.1) is 0 Å². The molecule has 2 N–H and O–H groups in total. The van der Waals surface area contributed by atoms with E-state index in [1.807, 2.05) is 43.3 Å². The number of methoxy groups -OCH3 is 1. The molecule has 0 aliphatic rings. The largest absolute Gasteiger partial charge is 0.504 e. The van der Waals surface area contributed by atoms with Crippen LogP contribution >= 0.6 is 15.9 Å². The lowest BCUT2D eigenvalue weighted by molar-refractivity contribution is 0.289. The summed E-state index contributed by atoms with van der Waals surface area (Å²) in [5.74, 6) is 0.782. The van der Waals surface area contributed by atoms with Crippen LogP contribution in [0.3, 0.4) is 0 Å². The lowest BCUT2D eigenvalue weighted by atomic mass is 9.98. The van der Waals surface area contributed by atoms with Crippen LogP contribution in [0.2, 0.25) is 0 Å². The Morgan fingerprint density at radius 1 is 1.00 bits per heavy atom. The summed E-state index contributed by atoms with van der Waals surface area (Å²) in [6.45, 7) is 2.25. The molecule has 0 saturated heterocycles. The Morgan fingerprint density at radius 3 is 2.38 bits per heavy atom. The van der Waals surface area contributed by atoms with Crippen molar-refractivity contribution in [2.24, 2.45) is 0 Å². The molecule has 3 rings (SSSR count). The molecule has 0 aromatic heterocycles. The van der Waals surface area contributed by atoms with Crippen molar-refractivity contribution in [2.75, 3.05) is 7.11 Å². The molecule has 5 heteroatoms. The fourth-order valence-corrected chi connectivity index (χ4v) is 3.52. The van der Waals surface area contributed by atoms with Gasteiger partial charge in [-0.1, -0.05) is 36.4 Å². The highest BCUT2D eigenvalue weighted by Crippen LogP contribution is 2.45. The second-order valence-electron chi connectivity index (χ2n) is 5.89.